The fourth-order valence-electron chi connectivity index (χ4n) is 4.95. The van der Waals surface area contributed by atoms with Crippen LogP contribution in [0.1, 0.15) is 27.8 Å². The summed E-state index contributed by atoms with van der Waals surface area (Å²) in [4.78, 5) is 0. The van der Waals surface area contributed by atoms with Crippen LogP contribution in [0, 0.1) is 111 Å². The quantitative estimate of drug-likeness (QED) is 0.118. The van der Waals surface area contributed by atoms with Crippen molar-refractivity contribution in [1.29, 1.82) is 0 Å². The Kier molecular flexibility index (Phi) is 7.53. The topological polar surface area (TPSA) is 9.23 Å². The van der Waals surface area contributed by atoms with Crippen LogP contribution in [-0.4, -0.2) is 0 Å². The van der Waals surface area contributed by atoms with Gasteiger partial charge in [0.1, 0.15) is 0 Å². The molecule has 0 aromatic heterocycles. The van der Waals surface area contributed by atoms with E-state index in [1.807, 2.05) is 0 Å². The summed E-state index contributed by atoms with van der Waals surface area (Å²) < 4.78 is 299. The van der Waals surface area contributed by atoms with Gasteiger partial charge < -0.3 is 4.74 Å². The second-order valence-electron chi connectivity index (χ2n) is 9.22. The summed E-state index contributed by atoms with van der Waals surface area (Å²) in [5.74, 6) is -70.9. The lowest BCUT2D eigenvalue weighted by molar-refractivity contribution is -0.167. The molecule has 0 fully saturated rings. The molecule has 0 aliphatic carbocycles. The Hall–Kier alpha value is -4.56. The molecule has 0 N–H and O–H groups in total. The summed E-state index contributed by atoms with van der Waals surface area (Å²) >= 11 is 0. The fourth-order valence-corrected chi connectivity index (χ4v) is 4.95. The molecular formula is C26F20O. The van der Waals surface area contributed by atoms with Crippen LogP contribution >= 0.6 is 0 Å². The van der Waals surface area contributed by atoms with Crippen LogP contribution < -0.4 is 0 Å². The standard InChI is InChI=1S/C26F20O/c27-6-1-2(7(28)15(36)14(6)35)26(46,5-12(33)20(41)24(45)21(42)13(5)34)47-25(1,3-8(29)16(37)22(43)17(38)9(3)30)4-10(31)18(39)23(44)19(40)11(4)32. The Morgan fingerprint density at radius 1 is 0.234 bits per heavy atom. The largest absolute Gasteiger partial charge is 0.316 e. The van der Waals surface area contributed by atoms with Gasteiger partial charge in [-0.3, -0.25) is 0 Å². The molecule has 0 saturated carbocycles. The summed E-state index contributed by atoms with van der Waals surface area (Å²) in [5, 5.41) is 0. The SMILES string of the molecule is Fc1c(F)c(F)c(C2(F)OC(c3c(F)c(F)c(F)c(F)c3F)(c3c(F)c(F)c(F)c(F)c3F)c3c(F)c(F)c(F)c(F)c32)c(F)c1F. The van der Waals surface area contributed by atoms with Crippen LogP contribution in [0.25, 0.3) is 0 Å². The van der Waals surface area contributed by atoms with Gasteiger partial charge in [0.2, 0.25) is 17.5 Å². The third kappa shape index (κ3) is 3.97. The average Bonchev–Trinajstić information content (AvgIpc) is 3.30. The number of rotatable bonds is 3. The molecule has 1 atom stereocenters. The third-order valence-corrected chi connectivity index (χ3v) is 6.89. The van der Waals surface area contributed by atoms with Crippen molar-refractivity contribution in [3.8, 4) is 0 Å². The zero-order chi connectivity index (χ0) is 35.6. The van der Waals surface area contributed by atoms with E-state index in [0.717, 1.165) is 0 Å². The molecule has 1 nitrogen and oxygen atoms in total. The Labute approximate surface area is 243 Å². The van der Waals surface area contributed by atoms with E-state index in [9.17, 15) is 57.1 Å². The number of ether oxygens (including phenoxy) is 1. The zero-order valence-corrected chi connectivity index (χ0v) is 21.0. The molecule has 5 rings (SSSR count). The number of benzene rings is 4. The average molecular weight is 708 g/mol. The maximum absolute atomic E-state index is 16.9. The lowest BCUT2D eigenvalue weighted by Gasteiger charge is -2.34. The Morgan fingerprint density at radius 2 is 0.426 bits per heavy atom. The Bertz CT molecular complexity index is 1930. The van der Waals surface area contributed by atoms with Gasteiger partial charge in [0.25, 0.3) is 5.85 Å². The van der Waals surface area contributed by atoms with Crippen molar-refractivity contribution in [3.05, 3.63) is 138 Å². The van der Waals surface area contributed by atoms with Crippen molar-refractivity contribution >= 4 is 0 Å². The summed E-state index contributed by atoms with van der Waals surface area (Å²) in [7, 11) is 0. The third-order valence-electron chi connectivity index (χ3n) is 6.89. The second kappa shape index (κ2) is 10.5. The minimum absolute atomic E-state index is 3.19. The van der Waals surface area contributed by atoms with E-state index in [2.05, 4.69) is 4.74 Å². The van der Waals surface area contributed by atoms with Crippen LogP contribution in [0.3, 0.4) is 0 Å². The van der Waals surface area contributed by atoms with Gasteiger partial charge in [-0.2, -0.15) is 0 Å². The molecule has 1 unspecified atom stereocenters. The summed E-state index contributed by atoms with van der Waals surface area (Å²) in [6.07, 6.45) is 0. The van der Waals surface area contributed by atoms with Crippen LogP contribution in [0.2, 0.25) is 0 Å². The molecule has 0 radical (unpaired) electrons. The van der Waals surface area contributed by atoms with E-state index in [-0.39, 0.29) is 0 Å². The summed E-state index contributed by atoms with van der Waals surface area (Å²) in [5.41, 5.74) is -22.2. The predicted octanol–water partition coefficient (Wildman–Crippen LogP) is 8.82. The van der Waals surface area contributed by atoms with Gasteiger partial charge in [-0.15, -0.1) is 0 Å². The maximum Gasteiger partial charge on any atom is 0.272 e. The minimum Gasteiger partial charge on any atom is -0.316 e. The normalized spacial score (nSPS) is 17.1. The van der Waals surface area contributed by atoms with Gasteiger partial charge in [-0.05, 0) is 0 Å². The molecular weight excluding hydrogens is 708 g/mol. The molecule has 0 saturated heterocycles. The maximum atomic E-state index is 16.9. The van der Waals surface area contributed by atoms with E-state index in [0.29, 0.717) is 0 Å². The molecule has 1 aliphatic heterocycles. The van der Waals surface area contributed by atoms with Crippen molar-refractivity contribution in [2.75, 3.05) is 0 Å². The van der Waals surface area contributed by atoms with Crippen LogP contribution in [0.4, 0.5) is 87.8 Å². The number of halogens is 20. The highest BCUT2D eigenvalue weighted by Crippen LogP contribution is 2.62. The van der Waals surface area contributed by atoms with Crippen LogP contribution in [0.15, 0.2) is 0 Å². The van der Waals surface area contributed by atoms with E-state index >= 15 is 30.7 Å². The molecule has 250 valence electrons. The van der Waals surface area contributed by atoms with Gasteiger partial charge in [0.15, 0.2) is 98.7 Å². The molecule has 0 bridgehead atoms. The van der Waals surface area contributed by atoms with Gasteiger partial charge in [-0.25, -0.2) is 87.8 Å². The molecule has 0 amide bonds. The first kappa shape index (κ1) is 33.8. The summed E-state index contributed by atoms with van der Waals surface area (Å²) in [6, 6.07) is 0. The molecule has 21 heteroatoms. The van der Waals surface area contributed by atoms with Crippen LogP contribution in [-0.2, 0) is 16.2 Å². The first-order valence-electron chi connectivity index (χ1n) is 11.4. The molecule has 1 aliphatic rings. The van der Waals surface area contributed by atoms with Crippen molar-refractivity contribution in [3.63, 3.8) is 0 Å². The van der Waals surface area contributed by atoms with E-state index in [1.165, 1.54) is 0 Å². The predicted molar refractivity (Wildman–Crippen MR) is 108 cm³/mol. The number of alkyl halides is 1. The molecule has 4 aromatic carbocycles. The lowest BCUT2D eigenvalue weighted by Crippen LogP contribution is -2.39. The molecule has 1 heterocycles. The van der Waals surface area contributed by atoms with Gasteiger partial charge in [0.05, 0.1) is 22.3 Å². The first-order valence-corrected chi connectivity index (χ1v) is 11.4. The van der Waals surface area contributed by atoms with Crippen molar-refractivity contribution < 1.29 is 92.5 Å². The second-order valence-corrected chi connectivity index (χ2v) is 9.22. The molecule has 0 spiro atoms. The van der Waals surface area contributed by atoms with E-state index < -0.39 is 150 Å². The monoisotopic (exact) mass is 708 g/mol. The van der Waals surface area contributed by atoms with Gasteiger partial charge in [0, 0.05) is 5.56 Å². The van der Waals surface area contributed by atoms with Gasteiger partial charge in [-0.1, -0.05) is 0 Å². The Morgan fingerprint density at radius 3 is 0.702 bits per heavy atom. The summed E-state index contributed by atoms with van der Waals surface area (Å²) in [6.45, 7) is 0. The highest BCUT2D eigenvalue weighted by molar-refractivity contribution is 5.60. The first-order chi connectivity index (χ1) is 21.6. The molecule has 47 heavy (non-hydrogen) atoms. The smallest absolute Gasteiger partial charge is 0.272 e. The fraction of sp³-hybridized carbons (Fsp3) is 0.0769. The number of hydrogen-bond acceptors (Lipinski definition) is 1. The van der Waals surface area contributed by atoms with Gasteiger partial charge >= 0.3 is 0 Å². The number of fused-ring (bicyclic) bond motifs is 1. The zero-order valence-electron chi connectivity index (χ0n) is 21.0. The molecule has 4 aromatic rings. The van der Waals surface area contributed by atoms with E-state index in [1.54, 1.807) is 0 Å². The van der Waals surface area contributed by atoms with Crippen molar-refractivity contribution in [2.45, 2.75) is 11.5 Å². The van der Waals surface area contributed by atoms with Crippen molar-refractivity contribution in [1.82, 2.24) is 0 Å². The minimum atomic E-state index is -5.95. The lowest BCUT2D eigenvalue weighted by atomic mass is 9.77. The van der Waals surface area contributed by atoms with E-state index in [4.69, 9.17) is 0 Å². The number of hydrogen-bond donors (Lipinski definition) is 0. The Balaban J connectivity index is 2.21. The van der Waals surface area contributed by atoms with Crippen molar-refractivity contribution in [2.24, 2.45) is 0 Å². The van der Waals surface area contributed by atoms with Crippen LogP contribution in [0.5, 0.6) is 0 Å². The highest BCUT2D eigenvalue weighted by Gasteiger charge is 2.67. The highest BCUT2D eigenvalue weighted by atomic mass is 19.2.